The van der Waals surface area contributed by atoms with Gasteiger partial charge in [-0.25, -0.2) is 4.79 Å². The van der Waals surface area contributed by atoms with Gasteiger partial charge in [0, 0.05) is 12.8 Å². The molecule has 0 aliphatic carbocycles. The molecule has 9 nitrogen and oxygen atoms in total. The highest BCUT2D eigenvalue weighted by Crippen LogP contribution is 2.16. The lowest BCUT2D eigenvalue weighted by Gasteiger charge is -2.25. The SMILES string of the molecule is CC/C=C\C/C=C\C/C=C\C/C=C\C/C=C\C/C=C\C/C=C\C/C=C\C/C=C\CCCCCCCCCCCCCCCC(=O)OC(COC(=O)CCCCCCCCCCCCCCCC)COC(OCC[N+](C)(C)C)C(=O)O. The molecule has 80 heavy (non-hydrogen) atoms. The summed E-state index contributed by atoms with van der Waals surface area (Å²) in [5, 5.41) is 9.71. The van der Waals surface area contributed by atoms with E-state index in [0.29, 0.717) is 17.4 Å². The molecule has 0 aromatic carbocycles. The second kappa shape index (κ2) is 61.0. The van der Waals surface area contributed by atoms with E-state index < -0.39 is 24.3 Å². The summed E-state index contributed by atoms with van der Waals surface area (Å²) in [6, 6.07) is 0. The Hall–Kier alpha value is -4.05. The molecule has 0 fully saturated rings. The van der Waals surface area contributed by atoms with Crippen molar-refractivity contribution in [1.29, 1.82) is 0 Å². The highest BCUT2D eigenvalue weighted by molar-refractivity contribution is 5.71. The molecule has 0 saturated heterocycles. The van der Waals surface area contributed by atoms with Crippen LogP contribution in [0.1, 0.15) is 264 Å². The van der Waals surface area contributed by atoms with Gasteiger partial charge in [-0.3, -0.25) is 9.59 Å². The first kappa shape index (κ1) is 76.0. The van der Waals surface area contributed by atoms with Crippen LogP contribution in [0.25, 0.3) is 0 Å². The Bertz CT molecular complexity index is 1680. The normalized spacial score (nSPS) is 13.5. The molecule has 0 bridgehead atoms. The highest BCUT2D eigenvalue weighted by Gasteiger charge is 2.25. The molecule has 2 atom stereocenters. The predicted octanol–water partition coefficient (Wildman–Crippen LogP) is 19.9. The van der Waals surface area contributed by atoms with Gasteiger partial charge in [-0.1, -0.05) is 277 Å². The van der Waals surface area contributed by atoms with Crippen LogP contribution >= 0.6 is 0 Å². The number of rotatable bonds is 59. The minimum absolute atomic E-state index is 0.183. The zero-order chi connectivity index (χ0) is 58.3. The summed E-state index contributed by atoms with van der Waals surface area (Å²) < 4.78 is 22.9. The van der Waals surface area contributed by atoms with Crippen LogP contribution in [0.3, 0.4) is 0 Å². The van der Waals surface area contributed by atoms with Crippen molar-refractivity contribution in [2.45, 2.75) is 277 Å². The molecular weight excluding hydrogens is 995 g/mol. The Balaban J connectivity index is 4.07. The smallest absolute Gasteiger partial charge is 0.361 e. The Kier molecular flexibility index (Phi) is 57.9. The number of carboxylic acids is 1. The second-order valence-corrected chi connectivity index (χ2v) is 22.7. The van der Waals surface area contributed by atoms with E-state index >= 15 is 0 Å². The molecule has 2 unspecified atom stereocenters. The van der Waals surface area contributed by atoms with Gasteiger partial charge in [0.2, 0.25) is 0 Å². The molecule has 0 aromatic rings. The minimum atomic E-state index is -1.51. The number of quaternary nitrogens is 1. The van der Waals surface area contributed by atoms with E-state index in [0.717, 1.165) is 103 Å². The first-order valence-electron chi connectivity index (χ1n) is 32.6. The fourth-order valence-corrected chi connectivity index (χ4v) is 8.83. The highest BCUT2D eigenvalue weighted by atomic mass is 16.7. The fourth-order valence-electron chi connectivity index (χ4n) is 8.83. The summed E-state index contributed by atoms with van der Waals surface area (Å²) in [7, 11) is 5.97. The van der Waals surface area contributed by atoms with Crippen LogP contribution in [-0.4, -0.2) is 87.4 Å². The topological polar surface area (TPSA) is 108 Å². The van der Waals surface area contributed by atoms with Crippen molar-refractivity contribution in [3.63, 3.8) is 0 Å². The monoisotopic (exact) mass is 1120 g/mol. The molecule has 458 valence electrons. The lowest BCUT2D eigenvalue weighted by molar-refractivity contribution is -0.870. The van der Waals surface area contributed by atoms with Crippen LogP contribution in [0.2, 0.25) is 0 Å². The Labute approximate surface area is 492 Å². The van der Waals surface area contributed by atoms with E-state index in [2.05, 4.69) is 123 Å². The molecule has 0 saturated carbocycles. The van der Waals surface area contributed by atoms with Crippen LogP contribution < -0.4 is 0 Å². The van der Waals surface area contributed by atoms with Gasteiger partial charge in [-0.15, -0.1) is 0 Å². The number of likely N-dealkylation sites (N-methyl/N-ethyl adjacent to an activating group) is 1. The summed E-state index contributed by atoms with van der Waals surface area (Å²) in [4.78, 5) is 37.4. The lowest BCUT2D eigenvalue weighted by atomic mass is 10.0. The van der Waals surface area contributed by atoms with Crippen molar-refractivity contribution in [2.24, 2.45) is 0 Å². The van der Waals surface area contributed by atoms with Gasteiger partial charge >= 0.3 is 17.9 Å². The molecule has 0 spiro atoms. The van der Waals surface area contributed by atoms with Crippen molar-refractivity contribution in [3.8, 4) is 0 Å². The number of allylic oxidation sites excluding steroid dienone is 18. The van der Waals surface area contributed by atoms with Crippen molar-refractivity contribution in [3.05, 3.63) is 109 Å². The van der Waals surface area contributed by atoms with Crippen LogP contribution in [0.15, 0.2) is 109 Å². The zero-order valence-electron chi connectivity index (χ0n) is 52.2. The van der Waals surface area contributed by atoms with Crippen LogP contribution in [0, 0.1) is 0 Å². The van der Waals surface area contributed by atoms with E-state index in [-0.39, 0.29) is 32.2 Å². The van der Waals surface area contributed by atoms with Crippen molar-refractivity contribution < 1.29 is 42.9 Å². The van der Waals surface area contributed by atoms with Crippen molar-refractivity contribution >= 4 is 17.9 Å². The number of nitrogens with zero attached hydrogens (tertiary/aromatic N) is 1. The summed E-state index contributed by atoms with van der Waals surface area (Å²) in [5.41, 5.74) is 0. The second-order valence-electron chi connectivity index (χ2n) is 22.7. The molecule has 0 radical (unpaired) electrons. The first-order chi connectivity index (χ1) is 39.1. The molecule has 0 rings (SSSR count). The fraction of sp³-hybridized carbons (Fsp3) is 0.704. The van der Waals surface area contributed by atoms with E-state index in [9.17, 15) is 19.5 Å². The number of hydrogen-bond acceptors (Lipinski definition) is 7. The number of carbonyl (C=O) groups excluding carboxylic acids is 2. The predicted molar refractivity (Wildman–Crippen MR) is 341 cm³/mol. The quantitative estimate of drug-likeness (QED) is 0.0211. The molecule has 1 N–H and O–H groups in total. The van der Waals surface area contributed by atoms with E-state index in [4.69, 9.17) is 18.9 Å². The summed E-state index contributed by atoms with van der Waals surface area (Å²) in [6.07, 6.45) is 81.9. The van der Waals surface area contributed by atoms with Gasteiger partial charge in [0.25, 0.3) is 6.29 Å². The van der Waals surface area contributed by atoms with Crippen molar-refractivity contribution in [1.82, 2.24) is 0 Å². The number of esters is 2. The summed E-state index contributed by atoms with van der Waals surface area (Å²) in [5.74, 6) is -2.00. The summed E-state index contributed by atoms with van der Waals surface area (Å²) in [6.45, 7) is 4.77. The Morgan fingerprint density at radius 3 is 1.06 bits per heavy atom. The number of ether oxygens (including phenoxy) is 4. The van der Waals surface area contributed by atoms with Gasteiger partial charge in [0.1, 0.15) is 13.2 Å². The van der Waals surface area contributed by atoms with Gasteiger partial charge in [-0.05, 0) is 83.5 Å². The number of carbonyl (C=O) groups is 3. The van der Waals surface area contributed by atoms with Gasteiger partial charge in [0.15, 0.2) is 6.10 Å². The lowest BCUT2D eigenvalue weighted by Crippen LogP contribution is -2.40. The third-order valence-corrected chi connectivity index (χ3v) is 13.8. The number of aliphatic carboxylic acids is 1. The first-order valence-corrected chi connectivity index (χ1v) is 32.6. The zero-order valence-corrected chi connectivity index (χ0v) is 52.2. The maximum Gasteiger partial charge on any atom is 0.361 e. The standard InChI is InChI=1S/C71H121NO8/c1-6-8-10-12-14-16-18-20-22-23-24-25-26-27-28-29-30-31-32-33-34-35-36-37-38-39-40-41-42-43-44-45-46-47-48-50-52-54-56-58-60-62-69(74)80-67(66-79-71(70(75)76)77-64-63-72(3,4)5)65-78-68(73)61-59-57-55-53-51-49-21-19-17-15-13-11-9-7-2/h8,10,14,16,20,22,24-25,27-28,30-31,33-34,36-37,39-40,67,71H,6-7,9,11-13,15,17-19,21,23,26,29,32,35,38,41-66H2,1-5H3/p+1/b10-8-,16-14-,22-20-,25-24-,28-27-,31-30-,34-33-,37-36-,40-39-. The van der Waals surface area contributed by atoms with Gasteiger partial charge < -0.3 is 28.5 Å². The van der Waals surface area contributed by atoms with E-state index in [1.165, 1.54) is 135 Å². The molecule has 0 heterocycles. The largest absolute Gasteiger partial charge is 0.477 e. The average molecular weight is 1120 g/mol. The molecule has 0 aliphatic rings. The molecule has 0 amide bonds. The maximum atomic E-state index is 12.9. The van der Waals surface area contributed by atoms with Gasteiger partial charge in [0.05, 0.1) is 34.4 Å². The minimum Gasteiger partial charge on any atom is -0.477 e. The van der Waals surface area contributed by atoms with Crippen LogP contribution in [-0.2, 0) is 33.3 Å². The number of unbranched alkanes of at least 4 members (excludes halogenated alkanes) is 26. The average Bonchev–Trinajstić information content (AvgIpc) is 3.43. The van der Waals surface area contributed by atoms with Crippen LogP contribution in [0.4, 0.5) is 0 Å². The van der Waals surface area contributed by atoms with E-state index in [1.54, 1.807) is 0 Å². The Morgan fingerprint density at radius 1 is 0.388 bits per heavy atom. The molecule has 0 aromatic heterocycles. The maximum absolute atomic E-state index is 12.9. The van der Waals surface area contributed by atoms with Crippen molar-refractivity contribution in [2.75, 3.05) is 47.5 Å². The van der Waals surface area contributed by atoms with Crippen LogP contribution in [0.5, 0.6) is 0 Å². The molecule has 9 heteroatoms. The molecule has 0 aliphatic heterocycles. The Morgan fingerprint density at radius 2 is 0.713 bits per heavy atom. The molecular formula is C71H122NO8+. The van der Waals surface area contributed by atoms with Gasteiger partial charge in [-0.2, -0.15) is 0 Å². The van der Waals surface area contributed by atoms with E-state index in [1.807, 2.05) is 21.1 Å². The number of hydrogen-bond donors (Lipinski definition) is 1. The summed E-state index contributed by atoms with van der Waals surface area (Å²) >= 11 is 0. The number of carboxylic acid groups (broad SMARTS) is 1. The third kappa shape index (κ3) is 61.6. The third-order valence-electron chi connectivity index (χ3n) is 13.8.